The lowest BCUT2D eigenvalue weighted by atomic mass is 10.1. The van der Waals surface area contributed by atoms with Gasteiger partial charge in [0.05, 0.1) is 11.4 Å². The highest BCUT2D eigenvalue weighted by Crippen LogP contribution is 2.16. The first kappa shape index (κ1) is 15.8. The SMILES string of the molecule is Cc1cccc(-c2cccc(CCCc3cccc(C#N)n3)n2)n1. The summed E-state index contributed by atoms with van der Waals surface area (Å²) in [6.07, 6.45) is 2.65. The largest absolute Gasteiger partial charge is 0.251 e. The average molecular weight is 314 g/mol. The molecule has 0 N–H and O–H groups in total. The van der Waals surface area contributed by atoms with Crippen LogP contribution in [0.15, 0.2) is 54.6 Å². The molecule has 0 amide bonds. The Balaban J connectivity index is 1.66. The topological polar surface area (TPSA) is 62.5 Å². The van der Waals surface area contributed by atoms with Gasteiger partial charge in [0.25, 0.3) is 0 Å². The summed E-state index contributed by atoms with van der Waals surface area (Å²) in [4.78, 5) is 13.5. The fourth-order valence-corrected chi connectivity index (χ4v) is 2.58. The van der Waals surface area contributed by atoms with Gasteiger partial charge >= 0.3 is 0 Å². The summed E-state index contributed by atoms with van der Waals surface area (Å²) in [7, 11) is 0. The molecule has 3 heterocycles. The molecule has 24 heavy (non-hydrogen) atoms. The molecule has 0 unspecified atom stereocenters. The summed E-state index contributed by atoms with van der Waals surface area (Å²) in [6.45, 7) is 1.98. The van der Waals surface area contributed by atoms with Crippen LogP contribution < -0.4 is 0 Å². The summed E-state index contributed by atoms with van der Waals surface area (Å²) < 4.78 is 0. The Kier molecular flexibility index (Phi) is 4.93. The smallest absolute Gasteiger partial charge is 0.140 e. The van der Waals surface area contributed by atoms with Crippen molar-refractivity contribution in [1.82, 2.24) is 15.0 Å². The lowest BCUT2D eigenvalue weighted by Gasteiger charge is -2.05. The van der Waals surface area contributed by atoms with E-state index in [-0.39, 0.29) is 0 Å². The molecule has 3 aromatic heterocycles. The van der Waals surface area contributed by atoms with Crippen molar-refractivity contribution in [1.29, 1.82) is 5.26 Å². The minimum absolute atomic E-state index is 0.471. The zero-order valence-corrected chi connectivity index (χ0v) is 13.6. The quantitative estimate of drug-likeness (QED) is 0.716. The Labute approximate surface area is 141 Å². The second-order valence-electron chi connectivity index (χ2n) is 5.66. The molecule has 0 saturated carbocycles. The zero-order chi connectivity index (χ0) is 16.8. The van der Waals surface area contributed by atoms with Crippen LogP contribution in [0.5, 0.6) is 0 Å². The van der Waals surface area contributed by atoms with Crippen LogP contribution in [0.1, 0.15) is 29.2 Å². The molecule has 3 rings (SSSR count). The molecule has 4 heteroatoms. The lowest BCUT2D eigenvalue weighted by molar-refractivity contribution is 0.780. The Bertz CT molecular complexity index is 881. The molecule has 0 fully saturated rings. The third kappa shape index (κ3) is 4.02. The van der Waals surface area contributed by atoms with E-state index in [1.54, 1.807) is 6.07 Å². The molecule has 0 atom stereocenters. The maximum atomic E-state index is 8.90. The van der Waals surface area contributed by atoms with Gasteiger partial charge in [-0.15, -0.1) is 0 Å². The molecule has 3 aromatic rings. The molecule has 4 nitrogen and oxygen atoms in total. The van der Waals surface area contributed by atoms with Crippen LogP contribution >= 0.6 is 0 Å². The number of aromatic nitrogens is 3. The standard InChI is InChI=1S/C20H18N4/c1-15-6-2-12-19(22-15)20-13-5-10-17(24-20)9-3-7-16-8-4-11-18(14-21)23-16/h2,4-6,8,10-13H,3,7,9H2,1H3. The van der Waals surface area contributed by atoms with E-state index in [2.05, 4.69) is 16.0 Å². The van der Waals surface area contributed by atoms with E-state index in [1.807, 2.05) is 55.5 Å². The fraction of sp³-hybridized carbons (Fsp3) is 0.200. The van der Waals surface area contributed by atoms with Crippen molar-refractivity contribution in [3.63, 3.8) is 0 Å². The van der Waals surface area contributed by atoms with Crippen molar-refractivity contribution in [3.8, 4) is 17.5 Å². The molecule has 0 saturated heterocycles. The number of pyridine rings is 3. The molecule has 0 aromatic carbocycles. The first-order valence-electron chi connectivity index (χ1n) is 8.00. The molecular weight excluding hydrogens is 296 g/mol. The van der Waals surface area contributed by atoms with E-state index in [0.29, 0.717) is 5.69 Å². The monoisotopic (exact) mass is 314 g/mol. The highest BCUT2D eigenvalue weighted by molar-refractivity contribution is 5.54. The predicted molar refractivity (Wildman–Crippen MR) is 93.2 cm³/mol. The second kappa shape index (κ2) is 7.47. The highest BCUT2D eigenvalue weighted by Gasteiger charge is 2.04. The van der Waals surface area contributed by atoms with Crippen LogP contribution in [0.25, 0.3) is 11.4 Å². The molecule has 118 valence electrons. The third-order valence-corrected chi connectivity index (χ3v) is 3.74. The van der Waals surface area contributed by atoms with E-state index in [0.717, 1.165) is 47.7 Å². The first-order valence-corrected chi connectivity index (χ1v) is 8.00. The van der Waals surface area contributed by atoms with E-state index >= 15 is 0 Å². The van der Waals surface area contributed by atoms with Crippen molar-refractivity contribution < 1.29 is 0 Å². The van der Waals surface area contributed by atoms with E-state index in [1.165, 1.54) is 0 Å². The predicted octanol–water partition coefficient (Wildman–Crippen LogP) is 3.89. The molecule has 0 radical (unpaired) electrons. The molecule has 0 aliphatic carbocycles. The van der Waals surface area contributed by atoms with Gasteiger partial charge in [-0.05, 0) is 62.6 Å². The molecule has 0 bridgehead atoms. The van der Waals surface area contributed by atoms with Crippen LogP contribution in [0.2, 0.25) is 0 Å². The van der Waals surface area contributed by atoms with Crippen molar-refractivity contribution in [2.75, 3.05) is 0 Å². The molecular formula is C20H18N4. The van der Waals surface area contributed by atoms with Crippen LogP contribution in [0, 0.1) is 18.3 Å². The summed E-state index contributed by atoms with van der Waals surface area (Å²) in [5.41, 5.74) is 5.26. The maximum absolute atomic E-state index is 8.90. The van der Waals surface area contributed by atoms with Crippen molar-refractivity contribution >= 4 is 0 Å². The van der Waals surface area contributed by atoms with Crippen LogP contribution in [-0.4, -0.2) is 15.0 Å². The minimum atomic E-state index is 0.471. The fourth-order valence-electron chi connectivity index (χ4n) is 2.58. The number of rotatable bonds is 5. The van der Waals surface area contributed by atoms with Gasteiger partial charge in [-0.2, -0.15) is 5.26 Å². The minimum Gasteiger partial charge on any atom is -0.251 e. The number of hydrogen-bond acceptors (Lipinski definition) is 4. The van der Waals surface area contributed by atoms with Crippen LogP contribution in [0.4, 0.5) is 0 Å². The lowest BCUT2D eigenvalue weighted by Crippen LogP contribution is -1.98. The van der Waals surface area contributed by atoms with Crippen LogP contribution in [-0.2, 0) is 12.8 Å². The number of aryl methyl sites for hydroxylation is 3. The summed E-state index contributed by atoms with van der Waals surface area (Å²) in [5.74, 6) is 0. The van der Waals surface area contributed by atoms with Gasteiger partial charge < -0.3 is 0 Å². The Hall–Kier alpha value is -3.06. The van der Waals surface area contributed by atoms with Crippen LogP contribution in [0.3, 0.4) is 0 Å². The van der Waals surface area contributed by atoms with Gasteiger partial charge in [0.15, 0.2) is 0 Å². The van der Waals surface area contributed by atoms with Gasteiger partial charge in [-0.25, -0.2) is 4.98 Å². The number of nitriles is 1. The molecule has 0 spiro atoms. The normalized spacial score (nSPS) is 10.3. The highest BCUT2D eigenvalue weighted by atomic mass is 14.8. The van der Waals surface area contributed by atoms with Crippen molar-refractivity contribution in [2.45, 2.75) is 26.2 Å². The Morgan fingerprint density at radius 3 is 2.12 bits per heavy atom. The van der Waals surface area contributed by atoms with Crippen molar-refractivity contribution in [2.24, 2.45) is 0 Å². The van der Waals surface area contributed by atoms with Gasteiger partial charge in [0, 0.05) is 17.1 Å². The summed E-state index contributed by atoms with van der Waals surface area (Å²) in [5, 5.41) is 8.90. The number of hydrogen-bond donors (Lipinski definition) is 0. The zero-order valence-electron chi connectivity index (χ0n) is 13.6. The van der Waals surface area contributed by atoms with Gasteiger partial charge in [-0.3, -0.25) is 9.97 Å². The average Bonchev–Trinajstić information content (AvgIpc) is 2.62. The second-order valence-corrected chi connectivity index (χ2v) is 5.66. The molecule has 0 aliphatic heterocycles. The first-order chi connectivity index (χ1) is 11.7. The Morgan fingerprint density at radius 2 is 1.42 bits per heavy atom. The van der Waals surface area contributed by atoms with Crippen molar-refractivity contribution in [3.05, 3.63) is 77.4 Å². The summed E-state index contributed by atoms with van der Waals surface area (Å²) >= 11 is 0. The maximum Gasteiger partial charge on any atom is 0.140 e. The summed E-state index contributed by atoms with van der Waals surface area (Å²) in [6, 6.07) is 19.7. The molecule has 0 aliphatic rings. The van der Waals surface area contributed by atoms with E-state index in [4.69, 9.17) is 10.2 Å². The third-order valence-electron chi connectivity index (χ3n) is 3.74. The van der Waals surface area contributed by atoms with E-state index < -0.39 is 0 Å². The van der Waals surface area contributed by atoms with E-state index in [9.17, 15) is 0 Å². The van der Waals surface area contributed by atoms with Gasteiger partial charge in [0.1, 0.15) is 11.8 Å². The number of nitrogens with zero attached hydrogens (tertiary/aromatic N) is 4. The van der Waals surface area contributed by atoms with Gasteiger partial charge in [0.2, 0.25) is 0 Å². The Morgan fingerprint density at radius 1 is 0.792 bits per heavy atom. The van der Waals surface area contributed by atoms with Gasteiger partial charge in [-0.1, -0.05) is 18.2 Å².